The van der Waals surface area contributed by atoms with Crippen LogP contribution in [0.4, 0.5) is 0 Å². The lowest BCUT2D eigenvalue weighted by Crippen LogP contribution is -2.30. The third kappa shape index (κ3) is 55.7. The molecule has 0 amide bonds. The number of phosphoric acid groups is 2. The van der Waals surface area contributed by atoms with E-state index < -0.39 is 97.5 Å². The van der Waals surface area contributed by atoms with Crippen LogP contribution in [0, 0.1) is 5.92 Å². The topological polar surface area (TPSA) is 237 Å². The number of phosphoric ester groups is 2. The highest BCUT2D eigenvalue weighted by molar-refractivity contribution is 7.47. The number of rotatable bonds is 62. The fourth-order valence-electron chi connectivity index (χ4n) is 9.20. The average molecular weight is 1200 g/mol. The third-order valence-corrected chi connectivity index (χ3v) is 16.5. The van der Waals surface area contributed by atoms with E-state index in [0.29, 0.717) is 25.7 Å². The molecule has 3 N–H and O–H groups in total. The van der Waals surface area contributed by atoms with Gasteiger partial charge in [-0.1, -0.05) is 259 Å². The quantitative estimate of drug-likeness (QED) is 0.0222. The fraction of sp³-hybridized carbons (Fsp3) is 0.935. The summed E-state index contributed by atoms with van der Waals surface area (Å²) in [5, 5.41) is 10.5. The van der Waals surface area contributed by atoms with Crippen LogP contribution in [0.5, 0.6) is 0 Å². The predicted molar refractivity (Wildman–Crippen MR) is 322 cm³/mol. The molecular formula is C62H120O17P2. The van der Waals surface area contributed by atoms with Gasteiger partial charge in [0.2, 0.25) is 0 Å². The van der Waals surface area contributed by atoms with Crippen molar-refractivity contribution in [2.45, 2.75) is 329 Å². The summed E-state index contributed by atoms with van der Waals surface area (Å²) in [6.45, 7) is 7.14. The van der Waals surface area contributed by atoms with Crippen molar-refractivity contribution in [1.29, 1.82) is 0 Å². The molecule has 0 aliphatic heterocycles. The molecule has 19 heteroatoms. The van der Waals surface area contributed by atoms with Gasteiger partial charge >= 0.3 is 39.5 Å². The lowest BCUT2D eigenvalue weighted by molar-refractivity contribution is -0.161. The molecule has 0 aromatic rings. The zero-order chi connectivity index (χ0) is 59.9. The molecule has 0 saturated heterocycles. The van der Waals surface area contributed by atoms with Gasteiger partial charge in [-0.25, -0.2) is 9.13 Å². The third-order valence-electron chi connectivity index (χ3n) is 14.6. The van der Waals surface area contributed by atoms with Crippen molar-refractivity contribution in [3.8, 4) is 0 Å². The number of hydrogen-bond donors (Lipinski definition) is 3. The molecule has 0 rings (SSSR count). The highest BCUT2D eigenvalue weighted by Gasteiger charge is 2.30. The molecule has 480 valence electrons. The van der Waals surface area contributed by atoms with Crippen LogP contribution in [0.25, 0.3) is 0 Å². The van der Waals surface area contributed by atoms with Crippen LogP contribution in [0.1, 0.15) is 311 Å². The summed E-state index contributed by atoms with van der Waals surface area (Å²) in [6, 6.07) is 0. The highest BCUT2D eigenvalue weighted by Crippen LogP contribution is 2.45. The molecule has 0 heterocycles. The summed E-state index contributed by atoms with van der Waals surface area (Å²) in [7, 11) is -9.87. The van der Waals surface area contributed by atoms with Crippen LogP contribution in [0.15, 0.2) is 0 Å². The Morgan fingerprint density at radius 2 is 0.593 bits per heavy atom. The van der Waals surface area contributed by atoms with Gasteiger partial charge in [0, 0.05) is 25.7 Å². The van der Waals surface area contributed by atoms with Gasteiger partial charge < -0.3 is 33.8 Å². The largest absolute Gasteiger partial charge is 0.472 e. The minimum absolute atomic E-state index is 0.105. The number of aliphatic hydroxyl groups is 1. The van der Waals surface area contributed by atoms with E-state index in [-0.39, 0.29) is 25.7 Å². The maximum Gasteiger partial charge on any atom is 0.472 e. The zero-order valence-electron chi connectivity index (χ0n) is 51.9. The molecule has 0 aromatic heterocycles. The fourth-order valence-corrected chi connectivity index (χ4v) is 10.8. The standard InChI is InChI=1S/C62H120O17P2/c1-6-10-13-16-19-31-36-41-46-60(65)73-52-58(79-62(67)48-43-38-33-28-26-24-22-21-23-25-27-30-34-39-44-55(5)9-4)54-77-81(70,71)75-50-56(63)49-74-80(68,69)76-53-57(51-72-59(64)45-40-35-29-18-15-12-8-3)78-61(66)47-42-37-32-20-17-14-11-7-2/h55-58,63H,6-54H2,1-5H3,(H,68,69)(H,70,71)/t55?,56-,57+,58+/m0/s1. The molecule has 0 aliphatic rings. The van der Waals surface area contributed by atoms with Crippen LogP contribution in [-0.2, 0) is 65.4 Å². The molecule has 81 heavy (non-hydrogen) atoms. The number of hydrogen-bond acceptors (Lipinski definition) is 15. The lowest BCUT2D eigenvalue weighted by atomic mass is 9.99. The summed E-state index contributed by atoms with van der Waals surface area (Å²) in [5.41, 5.74) is 0. The van der Waals surface area contributed by atoms with E-state index in [4.69, 9.17) is 37.0 Å². The number of esters is 4. The maximum atomic E-state index is 12.9. The second kappa shape index (κ2) is 55.9. The van der Waals surface area contributed by atoms with E-state index in [2.05, 4.69) is 34.6 Å². The minimum atomic E-state index is -4.94. The molecule has 0 fully saturated rings. The summed E-state index contributed by atoms with van der Waals surface area (Å²) in [4.78, 5) is 71.8. The Balaban J connectivity index is 5.12. The van der Waals surface area contributed by atoms with E-state index >= 15 is 0 Å². The smallest absolute Gasteiger partial charge is 0.462 e. The van der Waals surface area contributed by atoms with Gasteiger partial charge in [-0.3, -0.25) is 37.3 Å². The van der Waals surface area contributed by atoms with E-state index in [9.17, 15) is 43.2 Å². The van der Waals surface area contributed by atoms with Crippen molar-refractivity contribution < 1.29 is 80.2 Å². The second-order valence-electron chi connectivity index (χ2n) is 22.7. The van der Waals surface area contributed by atoms with Crippen LogP contribution in [0.3, 0.4) is 0 Å². The number of ether oxygens (including phenoxy) is 4. The highest BCUT2D eigenvalue weighted by atomic mass is 31.2. The zero-order valence-corrected chi connectivity index (χ0v) is 53.7. The van der Waals surface area contributed by atoms with Crippen LogP contribution in [-0.4, -0.2) is 96.7 Å². The Morgan fingerprint density at radius 3 is 0.877 bits per heavy atom. The first-order valence-electron chi connectivity index (χ1n) is 32.7. The summed E-state index contributed by atoms with van der Waals surface area (Å²) >= 11 is 0. The van der Waals surface area contributed by atoms with E-state index in [1.165, 1.54) is 109 Å². The van der Waals surface area contributed by atoms with Crippen molar-refractivity contribution in [2.75, 3.05) is 39.6 Å². The Labute approximate surface area is 492 Å². The van der Waals surface area contributed by atoms with Crippen LogP contribution >= 0.6 is 15.6 Å². The van der Waals surface area contributed by atoms with Gasteiger partial charge in [-0.05, 0) is 31.6 Å². The van der Waals surface area contributed by atoms with E-state index in [1.807, 2.05) is 0 Å². The first-order chi connectivity index (χ1) is 39.1. The molecule has 0 saturated carbocycles. The normalized spacial score (nSPS) is 14.6. The molecular weight excluding hydrogens is 1080 g/mol. The Hall–Kier alpha value is -1.94. The van der Waals surface area contributed by atoms with Crippen molar-refractivity contribution in [3.05, 3.63) is 0 Å². The van der Waals surface area contributed by atoms with Crippen LogP contribution < -0.4 is 0 Å². The van der Waals surface area contributed by atoms with Crippen molar-refractivity contribution >= 4 is 39.5 Å². The first kappa shape index (κ1) is 79.1. The average Bonchev–Trinajstić information content (AvgIpc) is 3.44. The number of carbonyl (C=O) groups excluding carboxylic acids is 4. The van der Waals surface area contributed by atoms with Gasteiger partial charge in [0.1, 0.15) is 19.3 Å². The summed E-state index contributed by atoms with van der Waals surface area (Å²) in [5.74, 6) is -1.30. The first-order valence-corrected chi connectivity index (χ1v) is 35.7. The number of aliphatic hydroxyl groups excluding tert-OH is 1. The van der Waals surface area contributed by atoms with Gasteiger partial charge in [-0.2, -0.15) is 0 Å². The Bertz CT molecular complexity index is 1590. The SMILES string of the molecule is CCCCCCCCCCC(=O)OC[C@H](COP(=O)(O)OC[C@@H](O)COP(=O)(O)OC[C@@H](COC(=O)CCCCCCCCC)OC(=O)CCCCCCCCCC)OC(=O)CCCCCCCCCCCCCCCCC(C)CC. The molecule has 3 unspecified atom stereocenters. The Morgan fingerprint density at radius 1 is 0.346 bits per heavy atom. The maximum absolute atomic E-state index is 12.9. The van der Waals surface area contributed by atoms with E-state index in [0.717, 1.165) is 121 Å². The Kier molecular flexibility index (Phi) is 54.6. The molecule has 0 radical (unpaired) electrons. The summed E-state index contributed by atoms with van der Waals surface area (Å²) in [6.07, 6.45) is 39.1. The lowest BCUT2D eigenvalue weighted by Gasteiger charge is -2.21. The molecule has 6 atom stereocenters. The van der Waals surface area contributed by atoms with Crippen molar-refractivity contribution in [3.63, 3.8) is 0 Å². The number of carbonyl (C=O) groups is 4. The molecule has 0 aromatic carbocycles. The predicted octanol–water partition coefficient (Wildman–Crippen LogP) is 17.0. The molecule has 17 nitrogen and oxygen atoms in total. The monoisotopic (exact) mass is 1200 g/mol. The number of unbranched alkanes of at least 4 members (excludes halogenated alkanes) is 33. The van der Waals surface area contributed by atoms with Gasteiger partial charge in [0.05, 0.1) is 26.4 Å². The van der Waals surface area contributed by atoms with Crippen LogP contribution in [0.2, 0.25) is 0 Å². The van der Waals surface area contributed by atoms with Gasteiger partial charge in [-0.15, -0.1) is 0 Å². The van der Waals surface area contributed by atoms with E-state index in [1.54, 1.807) is 0 Å². The van der Waals surface area contributed by atoms with Crippen molar-refractivity contribution in [2.24, 2.45) is 5.92 Å². The molecule has 0 bridgehead atoms. The second-order valence-corrected chi connectivity index (χ2v) is 25.6. The minimum Gasteiger partial charge on any atom is -0.462 e. The molecule has 0 spiro atoms. The van der Waals surface area contributed by atoms with Gasteiger partial charge in [0.15, 0.2) is 12.2 Å². The molecule has 0 aliphatic carbocycles. The summed E-state index contributed by atoms with van der Waals surface area (Å²) < 4.78 is 67.7. The van der Waals surface area contributed by atoms with Crippen molar-refractivity contribution in [1.82, 2.24) is 0 Å². The van der Waals surface area contributed by atoms with Gasteiger partial charge in [0.25, 0.3) is 0 Å².